The van der Waals surface area contributed by atoms with Crippen LogP contribution >= 0.6 is 0 Å². The average Bonchev–Trinajstić information content (AvgIpc) is 3.08. The summed E-state index contributed by atoms with van der Waals surface area (Å²) in [5.41, 5.74) is 2.21. The number of hydrogen-bond acceptors (Lipinski definition) is 5. The molecule has 1 aliphatic rings. The number of nitrogens with one attached hydrogen (secondary N) is 2. The Balaban J connectivity index is 2.16. The standard InChI is InChI=1S/C17H15N5O2/c1-10-9-19-6-5-11(10)14-12(18-2)3-4-13(23)15(14)16(24)22-17-20-7-8-21-17/h3-6,9,23H,7-8H2,1H3,(H2,20,21,22,24). The Hall–Kier alpha value is -3.40. The quantitative estimate of drug-likeness (QED) is 0.738. The maximum atomic E-state index is 12.7. The van der Waals surface area contributed by atoms with E-state index in [2.05, 4.69) is 25.5 Å². The number of aromatic hydroxyl groups is 1. The van der Waals surface area contributed by atoms with Gasteiger partial charge in [0.05, 0.1) is 18.7 Å². The second kappa shape index (κ2) is 6.38. The summed E-state index contributed by atoms with van der Waals surface area (Å²) in [5.74, 6) is -0.341. The Kier molecular flexibility index (Phi) is 4.12. The molecule has 0 aliphatic carbocycles. The van der Waals surface area contributed by atoms with Crippen molar-refractivity contribution in [3.63, 3.8) is 0 Å². The summed E-state index contributed by atoms with van der Waals surface area (Å²) in [5, 5.41) is 15.8. The number of phenols is 1. The van der Waals surface area contributed by atoms with Crippen LogP contribution in [0.25, 0.3) is 16.0 Å². The predicted octanol–water partition coefficient (Wildman–Crippen LogP) is 2.00. The second-order valence-electron chi connectivity index (χ2n) is 5.27. The summed E-state index contributed by atoms with van der Waals surface area (Å²) < 4.78 is 0. The first-order chi connectivity index (χ1) is 11.6. The van der Waals surface area contributed by atoms with Crippen LogP contribution in [0.4, 0.5) is 5.69 Å². The average molecular weight is 321 g/mol. The van der Waals surface area contributed by atoms with Crippen LogP contribution in [0.5, 0.6) is 5.75 Å². The third-order valence-electron chi connectivity index (χ3n) is 3.70. The summed E-state index contributed by atoms with van der Waals surface area (Å²) in [7, 11) is 0. The Morgan fingerprint density at radius 2 is 2.25 bits per heavy atom. The van der Waals surface area contributed by atoms with E-state index in [9.17, 15) is 9.90 Å². The molecule has 7 heteroatoms. The summed E-state index contributed by atoms with van der Waals surface area (Å²) in [6.07, 6.45) is 3.24. The fourth-order valence-corrected chi connectivity index (χ4v) is 2.58. The van der Waals surface area contributed by atoms with Crippen molar-refractivity contribution in [2.24, 2.45) is 4.99 Å². The van der Waals surface area contributed by atoms with Gasteiger partial charge in [0, 0.05) is 24.5 Å². The summed E-state index contributed by atoms with van der Waals surface area (Å²) in [4.78, 5) is 24.3. The molecule has 2 heterocycles. The molecule has 0 atom stereocenters. The smallest absolute Gasteiger partial charge is 0.261 e. The number of aromatic nitrogens is 1. The van der Waals surface area contributed by atoms with Crippen molar-refractivity contribution in [1.82, 2.24) is 15.6 Å². The van der Waals surface area contributed by atoms with Crippen LogP contribution in [0.3, 0.4) is 0 Å². The lowest BCUT2D eigenvalue weighted by atomic mass is 9.94. The van der Waals surface area contributed by atoms with Gasteiger partial charge in [-0.05, 0) is 30.2 Å². The van der Waals surface area contributed by atoms with E-state index in [0.717, 1.165) is 5.56 Å². The molecule has 0 saturated heterocycles. The number of benzene rings is 1. The van der Waals surface area contributed by atoms with Gasteiger partial charge >= 0.3 is 0 Å². The van der Waals surface area contributed by atoms with E-state index < -0.39 is 5.91 Å². The van der Waals surface area contributed by atoms with Gasteiger partial charge in [0.15, 0.2) is 11.6 Å². The largest absolute Gasteiger partial charge is 0.507 e. The molecule has 7 nitrogen and oxygen atoms in total. The molecule has 3 rings (SSSR count). The number of phenolic OH excluding ortho intramolecular Hbond substituents is 1. The molecule has 0 bridgehead atoms. The maximum absolute atomic E-state index is 12.7. The highest BCUT2D eigenvalue weighted by Crippen LogP contribution is 2.39. The van der Waals surface area contributed by atoms with Crippen LogP contribution < -0.4 is 10.6 Å². The third kappa shape index (κ3) is 2.77. The number of hydrogen-bond donors (Lipinski definition) is 3. The zero-order chi connectivity index (χ0) is 17.1. The first kappa shape index (κ1) is 15.5. The van der Waals surface area contributed by atoms with E-state index in [4.69, 9.17) is 6.57 Å². The van der Waals surface area contributed by atoms with Crippen molar-refractivity contribution < 1.29 is 9.90 Å². The van der Waals surface area contributed by atoms with Gasteiger partial charge in [-0.3, -0.25) is 20.1 Å². The number of carbonyl (C=O) groups is 1. The normalized spacial score (nSPS) is 12.9. The first-order valence-electron chi connectivity index (χ1n) is 7.36. The van der Waals surface area contributed by atoms with Gasteiger partial charge in [0.1, 0.15) is 5.75 Å². The highest BCUT2D eigenvalue weighted by molar-refractivity contribution is 6.13. The molecule has 2 aromatic rings. The Labute approximate surface area is 138 Å². The van der Waals surface area contributed by atoms with E-state index in [0.29, 0.717) is 30.2 Å². The maximum Gasteiger partial charge on any atom is 0.261 e. The van der Waals surface area contributed by atoms with Crippen molar-refractivity contribution in [1.29, 1.82) is 0 Å². The summed E-state index contributed by atoms with van der Waals surface area (Å²) in [6, 6.07) is 4.58. The van der Waals surface area contributed by atoms with Crippen molar-refractivity contribution in [3.8, 4) is 16.9 Å². The number of nitrogens with zero attached hydrogens (tertiary/aromatic N) is 3. The molecule has 1 aromatic heterocycles. The summed E-state index contributed by atoms with van der Waals surface area (Å²) >= 11 is 0. The van der Waals surface area contributed by atoms with Crippen molar-refractivity contribution in [2.45, 2.75) is 6.92 Å². The van der Waals surface area contributed by atoms with Crippen molar-refractivity contribution >= 4 is 17.6 Å². The minimum absolute atomic E-state index is 0.0502. The molecule has 0 fully saturated rings. The molecule has 3 N–H and O–H groups in total. The van der Waals surface area contributed by atoms with Crippen LogP contribution in [0.2, 0.25) is 0 Å². The zero-order valence-corrected chi connectivity index (χ0v) is 13.0. The molecule has 0 radical (unpaired) electrons. The van der Waals surface area contributed by atoms with Crippen LogP contribution in [0.1, 0.15) is 15.9 Å². The van der Waals surface area contributed by atoms with Gasteiger partial charge in [0.25, 0.3) is 5.91 Å². The van der Waals surface area contributed by atoms with Crippen molar-refractivity contribution in [2.75, 3.05) is 13.1 Å². The van der Waals surface area contributed by atoms with Gasteiger partial charge in [-0.15, -0.1) is 0 Å². The Morgan fingerprint density at radius 1 is 1.42 bits per heavy atom. The molecule has 0 saturated carbocycles. The topological polar surface area (TPSA) is 91.0 Å². The van der Waals surface area contributed by atoms with Gasteiger partial charge in [-0.1, -0.05) is 6.07 Å². The molecule has 120 valence electrons. The van der Waals surface area contributed by atoms with Gasteiger partial charge in [-0.25, -0.2) is 4.85 Å². The lowest BCUT2D eigenvalue weighted by molar-refractivity contribution is 0.0974. The molecular weight excluding hydrogens is 306 g/mol. The van der Waals surface area contributed by atoms with Crippen molar-refractivity contribution in [3.05, 3.63) is 53.1 Å². The number of guanidine groups is 1. The Bertz CT molecular complexity index is 883. The predicted molar refractivity (Wildman–Crippen MR) is 90.1 cm³/mol. The van der Waals surface area contributed by atoms with E-state index >= 15 is 0 Å². The number of amides is 1. The monoisotopic (exact) mass is 321 g/mol. The zero-order valence-electron chi connectivity index (χ0n) is 13.0. The molecule has 1 aliphatic heterocycles. The van der Waals surface area contributed by atoms with E-state index in [1.54, 1.807) is 18.5 Å². The minimum atomic E-state index is -0.516. The highest BCUT2D eigenvalue weighted by Gasteiger charge is 2.23. The van der Waals surface area contributed by atoms with Gasteiger partial charge < -0.3 is 10.4 Å². The number of pyridine rings is 1. The first-order valence-corrected chi connectivity index (χ1v) is 7.36. The molecule has 0 unspecified atom stereocenters. The fraction of sp³-hybridized carbons (Fsp3) is 0.176. The van der Waals surface area contributed by atoms with Crippen LogP contribution in [0.15, 0.2) is 35.6 Å². The molecular formula is C17H15N5O2. The van der Waals surface area contributed by atoms with Gasteiger partial charge in [0.2, 0.25) is 0 Å². The molecule has 1 amide bonds. The molecule has 0 spiro atoms. The lowest BCUT2D eigenvalue weighted by Crippen LogP contribution is -2.38. The van der Waals surface area contributed by atoms with E-state index in [1.807, 2.05) is 6.92 Å². The molecule has 24 heavy (non-hydrogen) atoms. The van der Waals surface area contributed by atoms with E-state index in [1.165, 1.54) is 12.1 Å². The SMILES string of the molecule is [C-]#[N+]c1ccc(O)c(C(=O)NC2=NCCN2)c1-c1ccncc1C. The Morgan fingerprint density at radius 3 is 2.92 bits per heavy atom. The third-order valence-corrected chi connectivity index (χ3v) is 3.70. The summed E-state index contributed by atoms with van der Waals surface area (Å²) in [6.45, 7) is 10.5. The minimum Gasteiger partial charge on any atom is -0.507 e. The van der Waals surface area contributed by atoms with Crippen LogP contribution in [0, 0.1) is 13.5 Å². The van der Waals surface area contributed by atoms with Crippen LogP contribution in [-0.4, -0.2) is 35.0 Å². The van der Waals surface area contributed by atoms with Crippen LogP contribution in [-0.2, 0) is 0 Å². The second-order valence-corrected chi connectivity index (χ2v) is 5.27. The van der Waals surface area contributed by atoms with Gasteiger partial charge in [-0.2, -0.15) is 0 Å². The molecule has 1 aromatic carbocycles. The number of aryl methyl sites for hydroxylation is 1. The number of carbonyl (C=O) groups excluding carboxylic acids is 1. The number of aliphatic imine (C=N–C) groups is 1. The lowest BCUT2D eigenvalue weighted by Gasteiger charge is -2.15. The fourth-order valence-electron chi connectivity index (χ4n) is 2.58. The van der Waals surface area contributed by atoms with E-state index in [-0.39, 0.29) is 17.0 Å². The number of rotatable bonds is 2. The highest BCUT2D eigenvalue weighted by atomic mass is 16.3.